The Hall–Kier alpha value is -1.43. The normalized spacial score (nSPS) is 14.7. The SMILES string of the molecule is Cc1ncc(CN(CCF)C2=CC(=O)OC2)s1. The summed E-state index contributed by atoms with van der Waals surface area (Å²) >= 11 is 1.57. The molecule has 0 saturated heterocycles. The highest BCUT2D eigenvalue weighted by atomic mass is 32.1. The number of thiazole rings is 1. The first kappa shape index (κ1) is 12.0. The lowest BCUT2D eigenvalue weighted by atomic mass is 10.3. The van der Waals surface area contributed by atoms with Gasteiger partial charge in [0.25, 0.3) is 0 Å². The average molecular weight is 256 g/mol. The molecule has 0 unspecified atom stereocenters. The van der Waals surface area contributed by atoms with Crippen LogP contribution in [0.4, 0.5) is 4.39 Å². The van der Waals surface area contributed by atoms with Gasteiger partial charge in [0.05, 0.1) is 17.2 Å². The molecule has 0 aromatic carbocycles. The number of esters is 1. The summed E-state index contributed by atoms with van der Waals surface area (Å²) in [6.45, 7) is 2.53. The van der Waals surface area contributed by atoms with Gasteiger partial charge in [0.1, 0.15) is 13.3 Å². The molecule has 0 atom stereocenters. The molecule has 1 aromatic rings. The lowest BCUT2D eigenvalue weighted by Crippen LogP contribution is -2.25. The second kappa shape index (κ2) is 5.27. The van der Waals surface area contributed by atoms with E-state index in [-0.39, 0.29) is 19.1 Å². The van der Waals surface area contributed by atoms with E-state index in [1.54, 1.807) is 17.5 Å². The molecule has 92 valence electrons. The largest absolute Gasteiger partial charge is 0.456 e. The van der Waals surface area contributed by atoms with Crippen LogP contribution in [0.15, 0.2) is 18.0 Å². The molecule has 0 amide bonds. The summed E-state index contributed by atoms with van der Waals surface area (Å²) < 4.78 is 17.3. The van der Waals surface area contributed by atoms with Crippen molar-refractivity contribution in [1.82, 2.24) is 9.88 Å². The fraction of sp³-hybridized carbons (Fsp3) is 0.455. The van der Waals surface area contributed by atoms with Crippen molar-refractivity contribution >= 4 is 17.3 Å². The monoisotopic (exact) mass is 256 g/mol. The zero-order valence-corrected chi connectivity index (χ0v) is 10.3. The van der Waals surface area contributed by atoms with Crippen LogP contribution in [0.25, 0.3) is 0 Å². The quantitative estimate of drug-likeness (QED) is 0.751. The summed E-state index contributed by atoms with van der Waals surface area (Å²) in [6, 6.07) is 0. The molecule has 0 bridgehead atoms. The van der Waals surface area contributed by atoms with E-state index < -0.39 is 6.67 Å². The van der Waals surface area contributed by atoms with Gasteiger partial charge in [-0.25, -0.2) is 14.2 Å². The molecule has 0 fully saturated rings. The number of nitrogens with zero attached hydrogens (tertiary/aromatic N) is 2. The molecule has 4 nitrogen and oxygen atoms in total. The summed E-state index contributed by atoms with van der Waals surface area (Å²) in [5.74, 6) is -0.357. The average Bonchev–Trinajstić information content (AvgIpc) is 2.87. The molecular weight excluding hydrogens is 243 g/mol. The summed E-state index contributed by atoms with van der Waals surface area (Å²) in [7, 11) is 0. The van der Waals surface area contributed by atoms with E-state index in [4.69, 9.17) is 4.74 Å². The molecule has 0 saturated carbocycles. The Morgan fingerprint density at radius 1 is 1.65 bits per heavy atom. The van der Waals surface area contributed by atoms with E-state index in [1.807, 2.05) is 11.8 Å². The molecule has 17 heavy (non-hydrogen) atoms. The minimum absolute atomic E-state index is 0.233. The highest BCUT2D eigenvalue weighted by Crippen LogP contribution is 2.19. The molecule has 6 heteroatoms. The molecule has 0 aliphatic carbocycles. The van der Waals surface area contributed by atoms with E-state index in [0.717, 1.165) is 15.6 Å². The van der Waals surface area contributed by atoms with E-state index >= 15 is 0 Å². The van der Waals surface area contributed by atoms with Gasteiger partial charge in [-0.2, -0.15) is 0 Å². The van der Waals surface area contributed by atoms with Gasteiger partial charge < -0.3 is 9.64 Å². The molecule has 1 aliphatic heterocycles. The van der Waals surface area contributed by atoms with Crippen LogP contribution in [-0.2, 0) is 16.1 Å². The van der Waals surface area contributed by atoms with Crippen molar-refractivity contribution < 1.29 is 13.9 Å². The van der Waals surface area contributed by atoms with Gasteiger partial charge in [-0.1, -0.05) is 0 Å². The molecular formula is C11H13FN2O2S. The second-order valence-electron chi connectivity index (χ2n) is 3.70. The Kier molecular flexibility index (Phi) is 3.73. The van der Waals surface area contributed by atoms with Gasteiger partial charge in [-0.15, -0.1) is 11.3 Å². The first-order valence-corrected chi connectivity index (χ1v) is 6.10. The van der Waals surface area contributed by atoms with Crippen molar-refractivity contribution in [3.05, 3.63) is 27.9 Å². The number of alkyl halides is 1. The molecule has 1 aromatic heterocycles. The van der Waals surface area contributed by atoms with E-state index in [1.165, 1.54) is 6.08 Å². The van der Waals surface area contributed by atoms with Crippen LogP contribution in [-0.4, -0.2) is 35.7 Å². The zero-order chi connectivity index (χ0) is 12.3. The third-order valence-electron chi connectivity index (χ3n) is 2.42. The predicted molar refractivity (Wildman–Crippen MR) is 62.3 cm³/mol. The Morgan fingerprint density at radius 3 is 3.00 bits per heavy atom. The van der Waals surface area contributed by atoms with Crippen molar-refractivity contribution in [3.63, 3.8) is 0 Å². The maximum Gasteiger partial charge on any atom is 0.333 e. The number of aryl methyl sites for hydroxylation is 1. The van der Waals surface area contributed by atoms with Crippen LogP contribution in [0.1, 0.15) is 9.88 Å². The van der Waals surface area contributed by atoms with E-state index in [9.17, 15) is 9.18 Å². The molecule has 2 rings (SSSR count). The van der Waals surface area contributed by atoms with Gasteiger partial charge in [0, 0.05) is 23.7 Å². The summed E-state index contributed by atoms with van der Waals surface area (Å²) in [4.78, 5) is 18.0. The number of hydrogen-bond donors (Lipinski definition) is 0. The lowest BCUT2D eigenvalue weighted by molar-refractivity contribution is -0.135. The Labute approximate surface area is 103 Å². The number of aromatic nitrogens is 1. The Morgan fingerprint density at radius 2 is 2.47 bits per heavy atom. The van der Waals surface area contributed by atoms with E-state index in [0.29, 0.717) is 6.54 Å². The topological polar surface area (TPSA) is 42.4 Å². The molecule has 0 N–H and O–H groups in total. The summed E-state index contributed by atoms with van der Waals surface area (Å²) in [5, 5.41) is 0.980. The van der Waals surface area contributed by atoms with Gasteiger partial charge >= 0.3 is 5.97 Å². The lowest BCUT2D eigenvalue weighted by Gasteiger charge is -2.22. The highest BCUT2D eigenvalue weighted by molar-refractivity contribution is 7.11. The number of carbonyl (C=O) groups is 1. The van der Waals surface area contributed by atoms with Crippen molar-refractivity contribution in [2.45, 2.75) is 13.5 Å². The number of halogens is 1. The van der Waals surface area contributed by atoms with Crippen molar-refractivity contribution in [3.8, 4) is 0 Å². The standard InChI is InChI=1S/C11H13FN2O2S/c1-8-13-5-10(17-8)6-14(3-2-12)9-4-11(15)16-7-9/h4-5H,2-3,6-7H2,1H3. The third-order valence-corrected chi connectivity index (χ3v) is 3.32. The first-order valence-electron chi connectivity index (χ1n) is 5.28. The second-order valence-corrected chi connectivity index (χ2v) is 5.02. The third kappa shape index (κ3) is 3.03. The minimum Gasteiger partial charge on any atom is -0.456 e. The highest BCUT2D eigenvalue weighted by Gasteiger charge is 2.19. The maximum atomic E-state index is 12.5. The van der Waals surface area contributed by atoms with Crippen LogP contribution in [0.2, 0.25) is 0 Å². The minimum atomic E-state index is -0.455. The maximum absolute atomic E-state index is 12.5. The van der Waals surface area contributed by atoms with Crippen molar-refractivity contribution in [2.75, 3.05) is 19.8 Å². The number of ether oxygens (including phenoxy) is 1. The van der Waals surface area contributed by atoms with Crippen LogP contribution in [0, 0.1) is 6.92 Å². The van der Waals surface area contributed by atoms with Gasteiger partial charge in [-0.05, 0) is 6.92 Å². The molecule has 1 aliphatic rings. The van der Waals surface area contributed by atoms with E-state index in [2.05, 4.69) is 4.98 Å². The van der Waals surface area contributed by atoms with Gasteiger partial charge in [0.2, 0.25) is 0 Å². The van der Waals surface area contributed by atoms with Crippen molar-refractivity contribution in [1.29, 1.82) is 0 Å². The molecule has 2 heterocycles. The van der Waals surface area contributed by atoms with Crippen LogP contribution < -0.4 is 0 Å². The number of hydrogen-bond acceptors (Lipinski definition) is 5. The molecule has 0 spiro atoms. The summed E-state index contributed by atoms with van der Waals surface area (Å²) in [5.41, 5.74) is 0.735. The number of carbonyl (C=O) groups excluding carboxylic acids is 1. The fourth-order valence-electron chi connectivity index (χ4n) is 1.64. The Balaban J connectivity index is 2.07. The zero-order valence-electron chi connectivity index (χ0n) is 9.48. The predicted octanol–water partition coefficient (Wildman–Crippen LogP) is 1.66. The number of rotatable bonds is 5. The summed E-state index contributed by atoms with van der Waals surface area (Å²) in [6.07, 6.45) is 3.20. The van der Waals surface area contributed by atoms with Crippen LogP contribution >= 0.6 is 11.3 Å². The van der Waals surface area contributed by atoms with Gasteiger partial charge in [-0.3, -0.25) is 0 Å². The van der Waals surface area contributed by atoms with Crippen LogP contribution in [0.3, 0.4) is 0 Å². The smallest absolute Gasteiger partial charge is 0.333 e. The number of cyclic esters (lactones) is 1. The first-order chi connectivity index (χ1) is 8.19. The van der Waals surface area contributed by atoms with Gasteiger partial charge in [0.15, 0.2) is 0 Å². The molecule has 0 radical (unpaired) electrons. The van der Waals surface area contributed by atoms with Crippen LogP contribution in [0.5, 0.6) is 0 Å². The fourth-order valence-corrected chi connectivity index (χ4v) is 2.45. The van der Waals surface area contributed by atoms with Crippen molar-refractivity contribution in [2.24, 2.45) is 0 Å². The Bertz CT molecular complexity index is 444.